The Morgan fingerprint density at radius 2 is 1.90 bits per heavy atom. The first-order valence-electron chi connectivity index (χ1n) is 6.78. The molecule has 2 aromatic carbocycles. The van der Waals surface area contributed by atoms with Gasteiger partial charge in [0.05, 0.1) is 0 Å². The van der Waals surface area contributed by atoms with Crippen LogP contribution in [-0.4, -0.2) is 15.6 Å². The Hall–Kier alpha value is -2.75. The molecule has 0 fully saturated rings. The predicted molar refractivity (Wildman–Crippen MR) is 83.2 cm³/mol. The lowest BCUT2D eigenvalue weighted by atomic mass is 10.1. The monoisotopic (exact) mass is 280 g/mol. The molecule has 0 radical (unpaired) electrons. The van der Waals surface area contributed by atoms with Gasteiger partial charge in [0.25, 0.3) is 0 Å². The van der Waals surface area contributed by atoms with Gasteiger partial charge in [-0.3, -0.25) is 0 Å². The number of hydrogen-bond acceptors (Lipinski definition) is 2. The van der Waals surface area contributed by atoms with Crippen LogP contribution in [0.3, 0.4) is 0 Å². The van der Waals surface area contributed by atoms with E-state index in [0.717, 1.165) is 16.5 Å². The van der Waals surface area contributed by atoms with Crippen molar-refractivity contribution >= 4 is 22.6 Å². The summed E-state index contributed by atoms with van der Waals surface area (Å²) in [5.41, 5.74) is 8.33. The van der Waals surface area contributed by atoms with Gasteiger partial charge in [0, 0.05) is 29.2 Å². The molecule has 0 amide bonds. The zero-order valence-corrected chi connectivity index (χ0v) is 11.4. The van der Waals surface area contributed by atoms with Crippen LogP contribution in [0.1, 0.15) is 11.6 Å². The number of benzene rings is 2. The van der Waals surface area contributed by atoms with Crippen molar-refractivity contribution in [2.75, 3.05) is 5.73 Å². The van der Waals surface area contributed by atoms with Crippen LogP contribution in [0.25, 0.3) is 10.9 Å². The number of carboxylic acid groups (broad SMARTS) is 1. The molecule has 3 N–H and O–H groups in total. The Balaban J connectivity index is 2.02. The second-order valence-electron chi connectivity index (χ2n) is 5.09. The van der Waals surface area contributed by atoms with E-state index < -0.39 is 12.0 Å². The number of fused-ring (bicyclic) bond motifs is 1. The maximum absolute atomic E-state index is 11.7. The van der Waals surface area contributed by atoms with Crippen molar-refractivity contribution in [2.45, 2.75) is 12.5 Å². The fraction of sp³-hybridized carbons (Fsp3) is 0.118. The SMILES string of the molecule is Nc1ccc2c(ccn2C(Cc2ccccc2)C(=O)O)c1. The van der Waals surface area contributed by atoms with Crippen LogP contribution in [0.4, 0.5) is 5.69 Å². The molecule has 106 valence electrons. The van der Waals surface area contributed by atoms with Gasteiger partial charge >= 0.3 is 5.97 Å². The van der Waals surface area contributed by atoms with Gasteiger partial charge in [-0.25, -0.2) is 4.79 Å². The molecule has 21 heavy (non-hydrogen) atoms. The number of carbonyl (C=O) groups is 1. The molecule has 0 aliphatic carbocycles. The van der Waals surface area contributed by atoms with Crippen LogP contribution in [0.5, 0.6) is 0 Å². The van der Waals surface area contributed by atoms with Crippen molar-refractivity contribution in [1.82, 2.24) is 4.57 Å². The van der Waals surface area contributed by atoms with Gasteiger partial charge in [0.15, 0.2) is 0 Å². The van der Waals surface area contributed by atoms with Gasteiger partial charge in [-0.05, 0) is 29.8 Å². The average molecular weight is 280 g/mol. The first-order chi connectivity index (χ1) is 10.1. The third kappa shape index (κ3) is 2.60. The number of aliphatic carboxylic acids is 1. The number of carboxylic acids is 1. The number of hydrogen-bond donors (Lipinski definition) is 2. The lowest BCUT2D eigenvalue weighted by Gasteiger charge is -2.16. The van der Waals surface area contributed by atoms with Gasteiger partial charge < -0.3 is 15.4 Å². The molecule has 1 heterocycles. The van der Waals surface area contributed by atoms with E-state index >= 15 is 0 Å². The largest absolute Gasteiger partial charge is 0.480 e. The van der Waals surface area contributed by atoms with E-state index in [9.17, 15) is 9.90 Å². The minimum atomic E-state index is -0.840. The van der Waals surface area contributed by atoms with E-state index in [2.05, 4.69) is 0 Å². The van der Waals surface area contributed by atoms with Crippen molar-refractivity contribution < 1.29 is 9.90 Å². The Labute approximate surface area is 122 Å². The zero-order valence-electron chi connectivity index (χ0n) is 11.4. The lowest BCUT2D eigenvalue weighted by molar-refractivity contribution is -0.140. The van der Waals surface area contributed by atoms with Gasteiger partial charge in [-0.15, -0.1) is 0 Å². The fourth-order valence-corrected chi connectivity index (χ4v) is 2.60. The summed E-state index contributed by atoms with van der Waals surface area (Å²) >= 11 is 0. The Morgan fingerprint density at radius 3 is 2.62 bits per heavy atom. The van der Waals surface area contributed by atoms with E-state index in [0.29, 0.717) is 12.1 Å². The highest BCUT2D eigenvalue weighted by Crippen LogP contribution is 2.24. The van der Waals surface area contributed by atoms with Crippen LogP contribution < -0.4 is 5.73 Å². The smallest absolute Gasteiger partial charge is 0.327 e. The molecule has 3 rings (SSSR count). The molecule has 1 aromatic heterocycles. The maximum Gasteiger partial charge on any atom is 0.327 e. The van der Waals surface area contributed by atoms with Crippen molar-refractivity contribution in [1.29, 1.82) is 0 Å². The van der Waals surface area contributed by atoms with E-state index in [1.54, 1.807) is 10.6 Å². The quantitative estimate of drug-likeness (QED) is 0.722. The van der Waals surface area contributed by atoms with Crippen LogP contribution in [0, 0.1) is 0 Å². The Kier molecular flexibility index (Phi) is 3.36. The highest BCUT2D eigenvalue weighted by atomic mass is 16.4. The van der Waals surface area contributed by atoms with Crippen LogP contribution >= 0.6 is 0 Å². The topological polar surface area (TPSA) is 68.2 Å². The molecular formula is C17H16N2O2. The second kappa shape index (κ2) is 5.32. The number of anilines is 1. The van der Waals surface area contributed by atoms with Crippen molar-refractivity contribution in [3.63, 3.8) is 0 Å². The molecule has 0 aliphatic rings. The molecule has 1 unspecified atom stereocenters. The normalized spacial score (nSPS) is 12.4. The summed E-state index contributed by atoms with van der Waals surface area (Å²) in [5, 5.41) is 10.5. The van der Waals surface area contributed by atoms with Gasteiger partial charge in [-0.2, -0.15) is 0 Å². The minimum absolute atomic E-state index is 0.449. The first-order valence-corrected chi connectivity index (χ1v) is 6.78. The zero-order chi connectivity index (χ0) is 14.8. The van der Waals surface area contributed by atoms with E-state index in [4.69, 9.17) is 5.73 Å². The molecule has 3 aromatic rings. The molecule has 0 saturated carbocycles. The van der Waals surface area contributed by atoms with Crippen molar-refractivity contribution in [2.24, 2.45) is 0 Å². The van der Waals surface area contributed by atoms with Crippen molar-refractivity contribution in [3.8, 4) is 0 Å². The summed E-state index contributed by atoms with van der Waals surface area (Å²) in [6.07, 6.45) is 2.26. The number of aromatic nitrogens is 1. The number of nitrogens with zero attached hydrogens (tertiary/aromatic N) is 1. The molecular weight excluding hydrogens is 264 g/mol. The second-order valence-corrected chi connectivity index (χ2v) is 5.09. The highest BCUT2D eigenvalue weighted by Gasteiger charge is 2.21. The summed E-state index contributed by atoms with van der Waals surface area (Å²) in [5.74, 6) is -0.840. The maximum atomic E-state index is 11.7. The summed E-state index contributed by atoms with van der Waals surface area (Å²) in [7, 11) is 0. The van der Waals surface area contributed by atoms with Gasteiger partial charge in [-0.1, -0.05) is 30.3 Å². The molecule has 4 heteroatoms. The summed E-state index contributed by atoms with van der Waals surface area (Å²) in [4.78, 5) is 11.7. The average Bonchev–Trinajstić information content (AvgIpc) is 2.88. The molecule has 0 bridgehead atoms. The third-order valence-corrected chi connectivity index (χ3v) is 3.64. The molecule has 4 nitrogen and oxygen atoms in total. The lowest BCUT2D eigenvalue weighted by Crippen LogP contribution is -2.20. The molecule has 0 spiro atoms. The number of rotatable bonds is 4. The third-order valence-electron chi connectivity index (χ3n) is 3.64. The summed E-state index contributed by atoms with van der Waals surface area (Å²) < 4.78 is 1.80. The number of nitrogens with two attached hydrogens (primary N) is 1. The number of nitrogen functional groups attached to an aromatic ring is 1. The first kappa shape index (κ1) is 13.2. The van der Waals surface area contributed by atoms with Gasteiger partial charge in [0.1, 0.15) is 6.04 Å². The summed E-state index contributed by atoms with van der Waals surface area (Å²) in [6.45, 7) is 0. The van der Waals surface area contributed by atoms with Crippen LogP contribution in [-0.2, 0) is 11.2 Å². The van der Waals surface area contributed by atoms with Crippen molar-refractivity contribution in [3.05, 3.63) is 66.4 Å². The molecule has 1 atom stereocenters. The summed E-state index contributed by atoms with van der Waals surface area (Å²) in [6, 6.07) is 16.4. The molecule has 0 saturated heterocycles. The molecule has 0 aliphatic heterocycles. The standard InChI is InChI=1S/C17H16N2O2/c18-14-6-7-15-13(11-14)8-9-19(15)16(17(20)21)10-12-4-2-1-3-5-12/h1-9,11,16H,10,18H2,(H,20,21). The van der Waals surface area contributed by atoms with E-state index in [1.165, 1.54) is 0 Å². The van der Waals surface area contributed by atoms with Crippen LogP contribution in [0.2, 0.25) is 0 Å². The van der Waals surface area contributed by atoms with Crippen LogP contribution in [0.15, 0.2) is 60.8 Å². The Morgan fingerprint density at radius 1 is 1.14 bits per heavy atom. The Bertz CT molecular complexity index is 778. The van der Waals surface area contributed by atoms with E-state index in [1.807, 2.05) is 54.7 Å². The predicted octanol–water partition coefficient (Wildman–Crippen LogP) is 3.09. The minimum Gasteiger partial charge on any atom is -0.480 e. The fourth-order valence-electron chi connectivity index (χ4n) is 2.60. The highest BCUT2D eigenvalue weighted by molar-refractivity contribution is 5.85. The van der Waals surface area contributed by atoms with Gasteiger partial charge in [0.2, 0.25) is 0 Å². The van der Waals surface area contributed by atoms with E-state index in [-0.39, 0.29) is 0 Å².